The first-order valence-electron chi connectivity index (χ1n) is 7.09. The second-order valence-electron chi connectivity index (χ2n) is 5.35. The predicted molar refractivity (Wildman–Crippen MR) is 82.8 cm³/mol. The molecule has 0 radical (unpaired) electrons. The van der Waals surface area contributed by atoms with E-state index in [4.69, 9.17) is 4.74 Å². The zero-order chi connectivity index (χ0) is 14.5. The van der Waals surface area contributed by atoms with Crippen LogP contribution in [0.5, 0.6) is 0 Å². The molecule has 2 N–H and O–H groups in total. The summed E-state index contributed by atoms with van der Waals surface area (Å²) in [5.41, 5.74) is 0. The zero-order valence-corrected chi connectivity index (χ0v) is 13.6. The van der Waals surface area contributed by atoms with Crippen LogP contribution >= 0.6 is 12.4 Å². The lowest BCUT2D eigenvalue weighted by Crippen LogP contribution is -2.27. The Morgan fingerprint density at radius 1 is 1.48 bits per heavy atom. The van der Waals surface area contributed by atoms with Gasteiger partial charge in [-0.15, -0.1) is 12.4 Å². The van der Waals surface area contributed by atoms with Crippen LogP contribution in [0.25, 0.3) is 0 Å². The monoisotopic (exact) mass is 317 g/mol. The minimum Gasteiger partial charge on any atom is -0.369 e. The number of nitrogens with zero attached hydrogens (tertiary/aromatic N) is 3. The van der Waals surface area contributed by atoms with Crippen molar-refractivity contribution in [3.8, 4) is 0 Å². The fourth-order valence-corrected chi connectivity index (χ4v) is 2.17. The van der Waals surface area contributed by atoms with Crippen molar-refractivity contribution in [1.82, 2.24) is 20.1 Å². The number of aromatic nitrogens is 3. The molecule has 0 aliphatic carbocycles. The quantitative estimate of drug-likeness (QED) is 0.849. The van der Waals surface area contributed by atoms with E-state index in [2.05, 4.69) is 20.7 Å². The lowest BCUT2D eigenvalue weighted by molar-refractivity contribution is -0.122. The Bertz CT molecular complexity index is 457. The molecule has 1 saturated heterocycles. The highest BCUT2D eigenvalue weighted by Gasteiger charge is 2.21. The van der Waals surface area contributed by atoms with E-state index in [0.29, 0.717) is 11.9 Å². The van der Waals surface area contributed by atoms with E-state index in [1.165, 1.54) is 0 Å². The first-order chi connectivity index (χ1) is 9.56. The Kier molecular flexibility index (Phi) is 7.07. The number of anilines is 1. The SMILES string of the molecule is CC(C)OCC(=O)Nc1nc(C2CCNCC2)nn1C.Cl. The molecule has 2 rings (SSSR count). The summed E-state index contributed by atoms with van der Waals surface area (Å²) in [6.07, 6.45) is 2.10. The minimum atomic E-state index is -0.203. The maximum Gasteiger partial charge on any atom is 0.252 e. The molecular formula is C13H24ClN5O2. The van der Waals surface area contributed by atoms with E-state index in [1.807, 2.05) is 13.8 Å². The molecule has 120 valence electrons. The highest BCUT2D eigenvalue weighted by atomic mass is 35.5. The molecule has 2 heterocycles. The molecule has 0 atom stereocenters. The number of nitrogens with one attached hydrogen (secondary N) is 2. The number of amides is 1. The Balaban J connectivity index is 0.00000220. The molecule has 1 fully saturated rings. The van der Waals surface area contributed by atoms with Crippen molar-refractivity contribution in [3.05, 3.63) is 5.82 Å². The van der Waals surface area contributed by atoms with Gasteiger partial charge in [0.25, 0.3) is 5.91 Å². The first kappa shape index (κ1) is 17.9. The number of aryl methyl sites for hydroxylation is 1. The van der Waals surface area contributed by atoms with E-state index in [0.717, 1.165) is 31.8 Å². The van der Waals surface area contributed by atoms with Crippen LogP contribution in [0.2, 0.25) is 0 Å². The molecule has 1 aromatic rings. The number of hydrogen-bond donors (Lipinski definition) is 2. The van der Waals surface area contributed by atoms with Gasteiger partial charge in [-0.1, -0.05) is 0 Å². The molecular weight excluding hydrogens is 294 g/mol. The molecule has 1 aliphatic rings. The van der Waals surface area contributed by atoms with Gasteiger partial charge in [-0.25, -0.2) is 4.68 Å². The third kappa shape index (κ3) is 5.26. The molecule has 21 heavy (non-hydrogen) atoms. The van der Waals surface area contributed by atoms with Crippen molar-refractivity contribution < 1.29 is 9.53 Å². The van der Waals surface area contributed by atoms with Crippen LogP contribution in [0, 0.1) is 0 Å². The molecule has 1 amide bonds. The van der Waals surface area contributed by atoms with Crippen LogP contribution in [0.3, 0.4) is 0 Å². The van der Waals surface area contributed by atoms with Gasteiger partial charge in [0.2, 0.25) is 5.95 Å². The highest BCUT2D eigenvalue weighted by Crippen LogP contribution is 2.23. The summed E-state index contributed by atoms with van der Waals surface area (Å²) in [4.78, 5) is 16.2. The number of rotatable bonds is 5. The van der Waals surface area contributed by atoms with E-state index >= 15 is 0 Å². The van der Waals surface area contributed by atoms with E-state index < -0.39 is 0 Å². The number of piperidine rings is 1. The Morgan fingerprint density at radius 3 is 2.76 bits per heavy atom. The Morgan fingerprint density at radius 2 is 2.14 bits per heavy atom. The lowest BCUT2D eigenvalue weighted by Gasteiger charge is -2.19. The average molecular weight is 318 g/mol. The van der Waals surface area contributed by atoms with Crippen molar-refractivity contribution in [2.45, 2.75) is 38.7 Å². The van der Waals surface area contributed by atoms with Gasteiger partial charge >= 0.3 is 0 Å². The van der Waals surface area contributed by atoms with Gasteiger partial charge in [0.1, 0.15) is 6.61 Å². The standard InChI is InChI=1S/C13H23N5O2.ClH/c1-9(2)20-8-11(19)15-13-16-12(17-18(13)3)10-4-6-14-7-5-10;/h9-10,14H,4-8H2,1-3H3,(H,15,16,17,19);1H. The van der Waals surface area contributed by atoms with Crippen molar-refractivity contribution in [1.29, 1.82) is 0 Å². The molecule has 1 aromatic heterocycles. The molecule has 0 saturated carbocycles. The first-order valence-corrected chi connectivity index (χ1v) is 7.09. The number of carbonyl (C=O) groups is 1. The van der Waals surface area contributed by atoms with Crippen molar-refractivity contribution in [2.24, 2.45) is 7.05 Å². The summed E-state index contributed by atoms with van der Waals surface area (Å²) in [5, 5.41) is 10.5. The molecule has 7 nitrogen and oxygen atoms in total. The number of hydrogen-bond acceptors (Lipinski definition) is 5. The van der Waals surface area contributed by atoms with Gasteiger partial charge in [-0.3, -0.25) is 10.1 Å². The van der Waals surface area contributed by atoms with Crippen molar-refractivity contribution >= 4 is 24.3 Å². The van der Waals surface area contributed by atoms with Crippen LogP contribution < -0.4 is 10.6 Å². The van der Waals surface area contributed by atoms with E-state index in [9.17, 15) is 4.79 Å². The summed E-state index contributed by atoms with van der Waals surface area (Å²) in [6, 6.07) is 0. The number of halogens is 1. The van der Waals surface area contributed by atoms with Crippen LogP contribution in [0.15, 0.2) is 0 Å². The van der Waals surface area contributed by atoms with Gasteiger partial charge in [0.05, 0.1) is 6.10 Å². The van der Waals surface area contributed by atoms with Gasteiger partial charge in [-0.05, 0) is 39.8 Å². The minimum absolute atomic E-state index is 0. The molecule has 8 heteroatoms. The molecule has 0 bridgehead atoms. The maximum atomic E-state index is 11.7. The van der Waals surface area contributed by atoms with Crippen molar-refractivity contribution in [3.63, 3.8) is 0 Å². The van der Waals surface area contributed by atoms with Crippen LogP contribution in [-0.4, -0.2) is 46.5 Å². The summed E-state index contributed by atoms with van der Waals surface area (Å²) in [5.74, 6) is 1.47. The molecule has 0 unspecified atom stereocenters. The number of carbonyl (C=O) groups excluding carboxylic acids is 1. The summed E-state index contributed by atoms with van der Waals surface area (Å²) in [7, 11) is 1.79. The van der Waals surface area contributed by atoms with E-state index in [1.54, 1.807) is 11.7 Å². The summed E-state index contributed by atoms with van der Waals surface area (Å²) in [6.45, 7) is 5.81. The van der Waals surface area contributed by atoms with Crippen LogP contribution in [0.4, 0.5) is 5.95 Å². The molecule has 1 aliphatic heterocycles. The summed E-state index contributed by atoms with van der Waals surface area (Å²) >= 11 is 0. The fourth-order valence-electron chi connectivity index (χ4n) is 2.17. The Labute approximate surface area is 131 Å². The second-order valence-corrected chi connectivity index (χ2v) is 5.35. The topological polar surface area (TPSA) is 81.1 Å². The highest BCUT2D eigenvalue weighted by molar-refractivity contribution is 5.90. The molecule has 0 spiro atoms. The predicted octanol–water partition coefficient (Wildman–Crippen LogP) is 1.07. The van der Waals surface area contributed by atoms with Gasteiger partial charge in [0.15, 0.2) is 5.82 Å². The van der Waals surface area contributed by atoms with Gasteiger partial charge in [0, 0.05) is 13.0 Å². The second kappa shape index (κ2) is 8.31. The third-order valence-electron chi connectivity index (χ3n) is 3.28. The van der Waals surface area contributed by atoms with Crippen LogP contribution in [0.1, 0.15) is 38.4 Å². The van der Waals surface area contributed by atoms with Crippen molar-refractivity contribution in [2.75, 3.05) is 25.0 Å². The third-order valence-corrected chi connectivity index (χ3v) is 3.28. The largest absolute Gasteiger partial charge is 0.369 e. The fraction of sp³-hybridized carbons (Fsp3) is 0.769. The summed E-state index contributed by atoms with van der Waals surface area (Å²) < 4.78 is 6.88. The molecule has 0 aromatic carbocycles. The van der Waals surface area contributed by atoms with Gasteiger partial charge < -0.3 is 10.1 Å². The van der Waals surface area contributed by atoms with E-state index in [-0.39, 0.29) is 31.0 Å². The zero-order valence-electron chi connectivity index (χ0n) is 12.8. The normalized spacial score (nSPS) is 15.8. The number of ether oxygens (including phenoxy) is 1. The average Bonchev–Trinajstić information content (AvgIpc) is 2.79. The smallest absolute Gasteiger partial charge is 0.252 e. The maximum absolute atomic E-state index is 11.7. The lowest BCUT2D eigenvalue weighted by atomic mass is 9.98. The Hall–Kier alpha value is -1.18. The van der Waals surface area contributed by atoms with Gasteiger partial charge in [-0.2, -0.15) is 10.1 Å². The van der Waals surface area contributed by atoms with Crippen LogP contribution in [-0.2, 0) is 16.6 Å².